The number of nitrogens with zero attached hydrogens (tertiary/aromatic N) is 2. The van der Waals surface area contributed by atoms with Gasteiger partial charge in [-0.3, -0.25) is 4.79 Å². The second-order valence-electron chi connectivity index (χ2n) is 5.74. The van der Waals surface area contributed by atoms with Crippen LogP contribution in [0, 0.1) is 5.92 Å². The molecule has 23 heavy (non-hydrogen) atoms. The summed E-state index contributed by atoms with van der Waals surface area (Å²) >= 11 is 0. The zero-order valence-electron chi connectivity index (χ0n) is 13.2. The molecular formula is C17H22ClN3O2. The van der Waals surface area contributed by atoms with Crippen molar-refractivity contribution in [2.75, 3.05) is 26.7 Å². The van der Waals surface area contributed by atoms with E-state index in [4.69, 9.17) is 4.52 Å². The van der Waals surface area contributed by atoms with Crippen molar-refractivity contribution in [3.8, 4) is 11.3 Å². The first-order chi connectivity index (χ1) is 10.8. The Hall–Kier alpha value is -1.85. The van der Waals surface area contributed by atoms with Crippen LogP contribution in [0.2, 0.25) is 0 Å². The number of amides is 1. The van der Waals surface area contributed by atoms with Crippen molar-refractivity contribution >= 4 is 18.3 Å². The van der Waals surface area contributed by atoms with Crippen molar-refractivity contribution in [1.82, 2.24) is 15.4 Å². The van der Waals surface area contributed by atoms with Gasteiger partial charge in [0.25, 0.3) is 5.91 Å². The van der Waals surface area contributed by atoms with E-state index >= 15 is 0 Å². The Kier molecular flexibility index (Phi) is 6.19. The van der Waals surface area contributed by atoms with Crippen LogP contribution in [-0.2, 0) is 0 Å². The van der Waals surface area contributed by atoms with E-state index < -0.39 is 0 Å². The molecule has 1 aliphatic heterocycles. The van der Waals surface area contributed by atoms with Crippen LogP contribution in [-0.4, -0.2) is 42.6 Å². The summed E-state index contributed by atoms with van der Waals surface area (Å²) in [5.74, 6) is 1.26. The lowest BCUT2D eigenvalue weighted by atomic mass is 9.96. The van der Waals surface area contributed by atoms with E-state index in [2.05, 4.69) is 10.5 Å². The van der Waals surface area contributed by atoms with Gasteiger partial charge in [-0.25, -0.2) is 0 Å². The van der Waals surface area contributed by atoms with E-state index in [1.54, 1.807) is 6.07 Å². The fraction of sp³-hybridized carbons (Fsp3) is 0.412. The first-order valence-electron chi connectivity index (χ1n) is 7.74. The van der Waals surface area contributed by atoms with E-state index in [9.17, 15) is 4.79 Å². The molecule has 1 N–H and O–H groups in total. The molecule has 5 nitrogen and oxygen atoms in total. The van der Waals surface area contributed by atoms with Crippen LogP contribution < -0.4 is 5.32 Å². The van der Waals surface area contributed by atoms with Crippen LogP contribution in [0.5, 0.6) is 0 Å². The molecule has 1 aromatic heterocycles. The molecule has 0 spiro atoms. The monoisotopic (exact) mass is 335 g/mol. The average Bonchev–Trinajstić information content (AvgIpc) is 3.06. The number of halogens is 1. The molecule has 0 unspecified atom stereocenters. The van der Waals surface area contributed by atoms with E-state index in [0.717, 1.165) is 38.0 Å². The zero-order chi connectivity index (χ0) is 15.4. The van der Waals surface area contributed by atoms with Crippen LogP contribution in [0.15, 0.2) is 40.9 Å². The Bertz CT molecular complexity index is 622. The van der Waals surface area contributed by atoms with Crippen LogP contribution in [0.1, 0.15) is 23.3 Å². The zero-order valence-corrected chi connectivity index (χ0v) is 14.0. The molecular weight excluding hydrogens is 314 g/mol. The van der Waals surface area contributed by atoms with Gasteiger partial charge in [-0.15, -0.1) is 12.4 Å². The predicted molar refractivity (Wildman–Crippen MR) is 91.7 cm³/mol. The number of rotatable bonds is 4. The van der Waals surface area contributed by atoms with Crippen LogP contribution in [0.3, 0.4) is 0 Å². The molecule has 3 rings (SSSR count). The summed E-state index contributed by atoms with van der Waals surface area (Å²) in [5.41, 5.74) is 1.33. The Morgan fingerprint density at radius 2 is 2.00 bits per heavy atom. The first-order valence-corrected chi connectivity index (χ1v) is 7.74. The van der Waals surface area contributed by atoms with Crippen LogP contribution in [0.25, 0.3) is 11.3 Å². The highest BCUT2D eigenvalue weighted by Gasteiger charge is 2.25. The summed E-state index contributed by atoms with van der Waals surface area (Å²) in [6.45, 7) is 2.60. The summed E-state index contributed by atoms with van der Waals surface area (Å²) in [5, 5.41) is 7.15. The molecule has 0 bridgehead atoms. The van der Waals surface area contributed by atoms with Gasteiger partial charge in [0.1, 0.15) is 0 Å². The number of nitrogens with one attached hydrogen (secondary N) is 1. The minimum atomic E-state index is -0.0335. The van der Waals surface area contributed by atoms with Gasteiger partial charge in [-0.05, 0) is 32.4 Å². The molecule has 1 aromatic carbocycles. The third kappa shape index (κ3) is 4.12. The molecule has 1 fully saturated rings. The number of carbonyl (C=O) groups excluding carboxylic acids is 1. The maximum absolute atomic E-state index is 12.5. The van der Waals surface area contributed by atoms with Gasteiger partial charge in [0.2, 0.25) is 0 Å². The highest BCUT2D eigenvalue weighted by Crippen LogP contribution is 2.22. The lowest BCUT2D eigenvalue weighted by Crippen LogP contribution is -2.40. The standard InChI is InChI=1S/C17H21N3O2.ClH/c1-18-12-13-7-9-20(10-8-13)17(21)15-11-16(22-19-15)14-5-3-2-4-6-14;/h2-6,11,13,18H,7-10,12H2,1H3;1H. The van der Waals surface area contributed by atoms with Crippen molar-refractivity contribution in [2.24, 2.45) is 5.92 Å². The number of likely N-dealkylation sites (tertiary alicyclic amines) is 1. The highest BCUT2D eigenvalue weighted by molar-refractivity contribution is 5.93. The molecule has 0 atom stereocenters. The SMILES string of the molecule is CNCC1CCN(C(=O)c2cc(-c3ccccc3)on2)CC1.Cl. The van der Waals surface area contributed by atoms with Crippen LogP contribution >= 0.6 is 12.4 Å². The van der Waals surface area contributed by atoms with Gasteiger partial charge in [-0.2, -0.15) is 0 Å². The van der Waals surface area contributed by atoms with Gasteiger partial charge >= 0.3 is 0 Å². The Balaban J connectivity index is 0.00000192. The number of benzene rings is 1. The number of hydrogen-bond acceptors (Lipinski definition) is 4. The smallest absolute Gasteiger partial charge is 0.276 e. The Morgan fingerprint density at radius 3 is 2.65 bits per heavy atom. The fourth-order valence-electron chi connectivity index (χ4n) is 2.91. The van der Waals surface area contributed by atoms with Gasteiger partial charge in [0.15, 0.2) is 11.5 Å². The molecule has 0 radical (unpaired) electrons. The summed E-state index contributed by atoms with van der Waals surface area (Å²) in [7, 11) is 1.97. The lowest BCUT2D eigenvalue weighted by Gasteiger charge is -2.31. The van der Waals surface area contributed by atoms with Crippen LogP contribution in [0.4, 0.5) is 0 Å². The Labute approximate surface area is 142 Å². The first kappa shape index (κ1) is 17.5. The number of carbonyl (C=O) groups is 1. The second-order valence-corrected chi connectivity index (χ2v) is 5.74. The van der Waals surface area contributed by atoms with Gasteiger partial charge < -0.3 is 14.7 Å². The molecule has 124 valence electrons. The summed E-state index contributed by atoms with van der Waals surface area (Å²) in [6.07, 6.45) is 2.08. The van der Waals surface area contributed by atoms with E-state index in [0.29, 0.717) is 17.4 Å². The minimum Gasteiger partial charge on any atom is -0.355 e. The molecule has 1 saturated heterocycles. The second kappa shape index (κ2) is 8.13. The summed E-state index contributed by atoms with van der Waals surface area (Å²) < 4.78 is 5.31. The molecule has 2 aromatic rings. The molecule has 2 heterocycles. The normalized spacial score (nSPS) is 15.3. The quantitative estimate of drug-likeness (QED) is 0.933. The van der Waals surface area contributed by atoms with Crippen molar-refractivity contribution in [1.29, 1.82) is 0 Å². The molecule has 0 aliphatic carbocycles. The van der Waals surface area contributed by atoms with Crippen molar-refractivity contribution in [3.63, 3.8) is 0 Å². The number of hydrogen-bond donors (Lipinski definition) is 1. The van der Waals surface area contributed by atoms with E-state index in [1.807, 2.05) is 42.3 Å². The third-order valence-electron chi connectivity index (χ3n) is 4.18. The highest BCUT2D eigenvalue weighted by atomic mass is 35.5. The largest absolute Gasteiger partial charge is 0.355 e. The lowest BCUT2D eigenvalue weighted by molar-refractivity contribution is 0.0680. The van der Waals surface area contributed by atoms with E-state index in [-0.39, 0.29) is 18.3 Å². The third-order valence-corrected chi connectivity index (χ3v) is 4.18. The molecule has 1 aliphatic rings. The van der Waals surface area contributed by atoms with Gasteiger partial charge in [0.05, 0.1) is 0 Å². The van der Waals surface area contributed by atoms with Crippen molar-refractivity contribution < 1.29 is 9.32 Å². The minimum absolute atomic E-state index is 0. The number of aromatic nitrogens is 1. The Morgan fingerprint density at radius 1 is 1.30 bits per heavy atom. The molecule has 1 amide bonds. The summed E-state index contributed by atoms with van der Waals surface area (Å²) in [4.78, 5) is 14.4. The van der Waals surface area contributed by atoms with Gasteiger partial charge in [0, 0.05) is 24.7 Å². The average molecular weight is 336 g/mol. The van der Waals surface area contributed by atoms with Gasteiger partial charge in [-0.1, -0.05) is 35.5 Å². The molecule has 6 heteroatoms. The maximum Gasteiger partial charge on any atom is 0.276 e. The van der Waals surface area contributed by atoms with Crippen molar-refractivity contribution in [2.45, 2.75) is 12.8 Å². The summed E-state index contributed by atoms with van der Waals surface area (Å²) in [6, 6.07) is 11.4. The predicted octanol–water partition coefficient (Wildman–Crippen LogP) is 2.84. The maximum atomic E-state index is 12.5. The van der Waals surface area contributed by atoms with E-state index in [1.165, 1.54) is 0 Å². The fourth-order valence-corrected chi connectivity index (χ4v) is 2.91. The van der Waals surface area contributed by atoms with Crippen molar-refractivity contribution in [3.05, 3.63) is 42.1 Å². The number of piperidine rings is 1. The topological polar surface area (TPSA) is 58.4 Å². The molecule has 0 saturated carbocycles.